The van der Waals surface area contributed by atoms with Crippen LogP contribution in [0.1, 0.15) is 32.6 Å². The van der Waals surface area contributed by atoms with Crippen molar-refractivity contribution in [3.8, 4) is 11.5 Å². The second-order valence-electron chi connectivity index (χ2n) is 7.69. The molecule has 6 heteroatoms. The van der Waals surface area contributed by atoms with E-state index in [1.54, 1.807) is 14.2 Å². The molecule has 4 rings (SSSR count). The zero-order chi connectivity index (χ0) is 19.7. The Hall–Kier alpha value is -2.50. The summed E-state index contributed by atoms with van der Waals surface area (Å²) in [6.45, 7) is 4.21. The lowest BCUT2D eigenvalue weighted by Crippen LogP contribution is -2.39. The Balaban J connectivity index is 1.55. The summed E-state index contributed by atoms with van der Waals surface area (Å²) >= 11 is 0. The molecule has 1 aliphatic heterocycles. The van der Waals surface area contributed by atoms with Crippen LogP contribution in [0.15, 0.2) is 24.4 Å². The second kappa shape index (κ2) is 7.49. The highest BCUT2D eigenvalue weighted by Crippen LogP contribution is 2.56. The maximum absolute atomic E-state index is 12.4. The number of rotatable bonds is 6. The van der Waals surface area contributed by atoms with Gasteiger partial charge in [-0.1, -0.05) is 0 Å². The molecule has 1 saturated heterocycles. The lowest BCUT2D eigenvalue weighted by atomic mass is 9.81. The summed E-state index contributed by atoms with van der Waals surface area (Å²) in [5.41, 5.74) is 1.84. The number of fused-ring (bicyclic) bond motifs is 1. The van der Waals surface area contributed by atoms with Gasteiger partial charge >= 0.3 is 5.97 Å². The van der Waals surface area contributed by atoms with Gasteiger partial charge in [-0.3, -0.25) is 9.78 Å². The third-order valence-corrected chi connectivity index (χ3v) is 6.31. The molecule has 2 aliphatic rings. The van der Waals surface area contributed by atoms with Gasteiger partial charge in [0.1, 0.15) is 0 Å². The molecule has 2 aromatic rings. The molecule has 0 radical (unpaired) electrons. The lowest BCUT2D eigenvalue weighted by Gasteiger charge is -2.37. The van der Waals surface area contributed by atoms with Gasteiger partial charge in [-0.2, -0.15) is 0 Å². The zero-order valence-electron chi connectivity index (χ0n) is 16.9. The van der Waals surface area contributed by atoms with E-state index in [0.29, 0.717) is 24.0 Å². The van der Waals surface area contributed by atoms with Crippen LogP contribution in [0.2, 0.25) is 0 Å². The third kappa shape index (κ3) is 3.15. The molecule has 0 N–H and O–H groups in total. The summed E-state index contributed by atoms with van der Waals surface area (Å²) in [6.07, 6.45) is 5.82. The van der Waals surface area contributed by atoms with E-state index < -0.39 is 0 Å². The molecule has 0 amide bonds. The number of hydrogen-bond acceptors (Lipinski definition) is 6. The number of aromatic nitrogens is 1. The van der Waals surface area contributed by atoms with Gasteiger partial charge in [0.25, 0.3) is 0 Å². The predicted molar refractivity (Wildman–Crippen MR) is 108 cm³/mol. The van der Waals surface area contributed by atoms with E-state index in [-0.39, 0.29) is 11.4 Å². The van der Waals surface area contributed by atoms with Crippen LogP contribution in [0.5, 0.6) is 11.5 Å². The van der Waals surface area contributed by atoms with Crippen molar-refractivity contribution in [2.45, 2.75) is 32.6 Å². The van der Waals surface area contributed by atoms with Crippen LogP contribution in [-0.4, -0.2) is 44.9 Å². The maximum atomic E-state index is 12.4. The minimum Gasteiger partial charge on any atom is -0.493 e. The van der Waals surface area contributed by atoms with Crippen molar-refractivity contribution in [2.75, 3.05) is 38.8 Å². The van der Waals surface area contributed by atoms with E-state index in [9.17, 15) is 4.79 Å². The molecule has 28 heavy (non-hydrogen) atoms. The molecule has 1 aromatic heterocycles. The van der Waals surface area contributed by atoms with Crippen LogP contribution < -0.4 is 14.4 Å². The van der Waals surface area contributed by atoms with Crippen LogP contribution in [0.25, 0.3) is 10.9 Å². The predicted octanol–water partition coefficient (Wildman–Crippen LogP) is 3.81. The number of hydrogen-bond donors (Lipinski definition) is 0. The Morgan fingerprint density at radius 1 is 1.18 bits per heavy atom. The minimum absolute atomic E-state index is 0.0136. The molecule has 0 atom stereocenters. The van der Waals surface area contributed by atoms with Crippen LogP contribution >= 0.6 is 0 Å². The number of benzene rings is 1. The number of esters is 1. The first-order chi connectivity index (χ1) is 13.6. The van der Waals surface area contributed by atoms with E-state index in [4.69, 9.17) is 14.2 Å². The number of carbonyl (C=O) groups excluding carboxylic acids is 1. The minimum atomic E-state index is -0.209. The van der Waals surface area contributed by atoms with Crippen LogP contribution in [0.3, 0.4) is 0 Å². The van der Waals surface area contributed by atoms with Gasteiger partial charge in [0.05, 0.1) is 31.8 Å². The molecular weight excluding hydrogens is 356 g/mol. The fourth-order valence-corrected chi connectivity index (χ4v) is 4.60. The number of nitrogens with zero attached hydrogens (tertiary/aromatic N) is 2. The summed E-state index contributed by atoms with van der Waals surface area (Å²) in [7, 11) is 3.28. The fraction of sp³-hybridized carbons (Fsp3) is 0.545. The van der Waals surface area contributed by atoms with Gasteiger partial charge in [0.2, 0.25) is 0 Å². The Bertz CT molecular complexity index is 870. The summed E-state index contributed by atoms with van der Waals surface area (Å²) in [5.74, 6) is 1.83. The first-order valence-electron chi connectivity index (χ1n) is 10.1. The van der Waals surface area contributed by atoms with Crippen molar-refractivity contribution in [1.29, 1.82) is 0 Å². The number of piperidine rings is 1. The highest BCUT2D eigenvalue weighted by molar-refractivity contribution is 5.94. The Labute approximate surface area is 165 Å². The normalized spacial score (nSPS) is 18.8. The Kier molecular flexibility index (Phi) is 5.04. The Morgan fingerprint density at radius 3 is 2.46 bits per heavy atom. The summed E-state index contributed by atoms with van der Waals surface area (Å²) in [4.78, 5) is 19.3. The van der Waals surface area contributed by atoms with E-state index in [0.717, 1.165) is 55.4 Å². The summed E-state index contributed by atoms with van der Waals surface area (Å²) in [5, 5.41) is 1.06. The van der Waals surface area contributed by atoms with Gasteiger partial charge < -0.3 is 19.1 Å². The largest absolute Gasteiger partial charge is 0.493 e. The number of anilines is 1. The van der Waals surface area contributed by atoms with Gasteiger partial charge in [-0.15, -0.1) is 0 Å². The van der Waals surface area contributed by atoms with Crippen molar-refractivity contribution in [3.05, 3.63) is 24.4 Å². The van der Waals surface area contributed by atoms with Crippen LogP contribution in [0.4, 0.5) is 5.69 Å². The number of ether oxygens (including phenoxy) is 3. The molecule has 2 fully saturated rings. The molecule has 0 spiro atoms. The smallest absolute Gasteiger partial charge is 0.312 e. The molecule has 2 heterocycles. The van der Waals surface area contributed by atoms with Crippen molar-refractivity contribution in [3.63, 3.8) is 0 Å². The van der Waals surface area contributed by atoms with Gasteiger partial charge in [-0.05, 0) is 50.7 Å². The van der Waals surface area contributed by atoms with E-state index >= 15 is 0 Å². The molecular formula is C22H28N2O4. The van der Waals surface area contributed by atoms with Gasteiger partial charge in [-0.25, -0.2) is 0 Å². The molecule has 6 nitrogen and oxygen atoms in total. The van der Waals surface area contributed by atoms with Gasteiger partial charge in [0, 0.05) is 36.4 Å². The van der Waals surface area contributed by atoms with Crippen molar-refractivity contribution >= 4 is 22.6 Å². The second-order valence-corrected chi connectivity index (χ2v) is 7.69. The first kappa shape index (κ1) is 18.8. The highest BCUT2D eigenvalue weighted by atomic mass is 16.5. The molecule has 1 saturated carbocycles. The number of methoxy groups -OCH3 is 2. The fourth-order valence-electron chi connectivity index (χ4n) is 4.60. The topological polar surface area (TPSA) is 60.9 Å². The summed E-state index contributed by atoms with van der Waals surface area (Å²) in [6, 6.07) is 5.99. The quantitative estimate of drug-likeness (QED) is 0.706. The standard InChI is InChI=1S/C22H28N2O4/c1-4-28-21(25)22(8-9-22)15-6-11-24(12-7-15)18-5-10-23-17-14-20(27-3)19(26-2)13-16(17)18/h5,10,13-15H,4,6-9,11-12H2,1-3H3. The third-order valence-electron chi connectivity index (χ3n) is 6.31. The van der Waals surface area contributed by atoms with Crippen LogP contribution in [0, 0.1) is 11.3 Å². The average molecular weight is 384 g/mol. The monoisotopic (exact) mass is 384 g/mol. The number of pyridine rings is 1. The molecule has 150 valence electrons. The maximum Gasteiger partial charge on any atom is 0.312 e. The van der Waals surface area contributed by atoms with Crippen LogP contribution in [-0.2, 0) is 9.53 Å². The van der Waals surface area contributed by atoms with Crippen molar-refractivity contribution < 1.29 is 19.0 Å². The molecule has 1 aromatic carbocycles. The molecule has 1 aliphatic carbocycles. The SMILES string of the molecule is CCOC(=O)C1(C2CCN(c3ccnc4cc(OC)c(OC)cc34)CC2)CC1. The molecule has 0 bridgehead atoms. The van der Waals surface area contributed by atoms with Crippen molar-refractivity contribution in [1.82, 2.24) is 4.98 Å². The van der Waals surface area contributed by atoms with E-state index in [1.165, 1.54) is 0 Å². The summed E-state index contributed by atoms with van der Waals surface area (Å²) < 4.78 is 16.2. The van der Waals surface area contributed by atoms with Gasteiger partial charge in [0.15, 0.2) is 11.5 Å². The van der Waals surface area contributed by atoms with Crippen molar-refractivity contribution in [2.24, 2.45) is 11.3 Å². The Morgan fingerprint density at radius 2 is 1.86 bits per heavy atom. The first-order valence-corrected chi connectivity index (χ1v) is 10.1. The average Bonchev–Trinajstić information content (AvgIpc) is 3.54. The number of carbonyl (C=O) groups is 1. The van der Waals surface area contributed by atoms with E-state index in [2.05, 4.69) is 16.0 Å². The zero-order valence-corrected chi connectivity index (χ0v) is 16.9. The molecule has 0 unspecified atom stereocenters. The lowest BCUT2D eigenvalue weighted by molar-refractivity contribution is -0.152. The highest BCUT2D eigenvalue weighted by Gasteiger charge is 2.56. The van der Waals surface area contributed by atoms with E-state index in [1.807, 2.05) is 25.3 Å².